The fourth-order valence-electron chi connectivity index (χ4n) is 4.44. The van der Waals surface area contributed by atoms with Gasteiger partial charge < -0.3 is 4.42 Å². The van der Waals surface area contributed by atoms with Crippen molar-refractivity contribution >= 4 is 27.2 Å². The van der Waals surface area contributed by atoms with Crippen molar-refractivity contribution in [3.63, 3.8) is 0 Å². The lowest BCUT2D eigenvalue weighted by molar-refractivity contribution is 0.595. The molecule has 4 aromatic heterocycles. The Labute approximate surface area is 216 Å². The first-order valence-electron chi connectivity index (χ1n) is 12.0. The Bertz CT molecular complexity index is 1900. The molecule has 6 nitrogen and oxygen atoms in total. The van der Waals surface area contributed by atoms with E-state index >= 15 is 0 Å². The third-order valence-corrected chi connectivity index (χ3v) is 7.37. The van der Waals surface area contributed by atoms with Gasteiger partial charge in [-0.3, -0.25) is 0 Å². The van der Waals surface area contributed by atoms with Crippen LogP contribution in [0, 0.1) is 13.8 Å². The topological polar surface area (TPSA) is 69.1 Å². The highest BCUT2D eigenvalue weighted by Crippen LogP contribution is 2.36. The van der Waals surface area contributed by atoms with Gasteiger partial charge in [-0.2, -0.15) is 9.61 Å². The summed E-state index contributed by atoms with van der Waals surface area (Å²) in [5.74, 6) is 2.25. The van der Waals surface area contributed by atoms with Gasteiger partial charge in [-0.25, -0.2) is 4.98 Å². The van der Waals surface area contributed by atoms with Gasteiger partial charge in [0.2, 0.25) is 4.96 Å². The number of aryl methyl sites for hydroxylation is 2. The maximum absolute atomic E-state index is 6.26. The van der Waals surface area contributed by atoms with Crippen LogP contribution in [0.2, 0.25) is 0 Å². The van der Waals surface area contributed by atoms with E-state index in [1.165, 1.54) is 22.5 Å². The molecule has 0 spiro atoms. The van der Waals surface area contributed by atoms with Gasteiger partial charge in [0.1, 0.15) is 16.5 Å². The van der Waals surface area contributed by atoms with Crippen LogP contribution in [0.5, 0.6) is 0 Å². The molecule has 178 valence electrons. The lowest BCUT2D eigenvalue weighted by Gasteiger charge is -2.06. The van der Waals surface area contributed by atoms with E-state index in [-0.39, 0.29) is 0 Å². The average Bonchev–Trinajstić information content (AvgIpc) is 3.66. The number of hydrogen-bond acceptors (Lipinski definition) is 6. The van der Waals surface area contributed by atoms with Crippen LogP contribution in [-0.2, 0) is 0 Å². The number of furan rings is 1. The highest BCUT2D eigenvalue weighted by molar-refractivity contribution is 7.20. The molecule has 0 aliphatic carbocycles. The monoisotopic (exact) mass is 499 g/mol. The molecule has 7 rings (SSSR count). The van der Waals surface area contributed by atoms with Crippen molar-refractivity contribution in [1.29, 1.82) is 0 Å². The normalized spacial score (nSPS) is 11.5. The van der Waals surface area contributed by atoms with Gasteiger partial charge in [0.15, 0.2) is 11.6 Å². The number of hydrogen-bond donors (Lipinski definition) is 0. The predicted molar refractivity (Wildman–Crippen MR) is 147 cm³/mol. The Balaban J connectivity index is 1.35. The minimum atomic E-state index is 0.714. The molecular formula is C30H21N5OS. The number of benzene rings is 3. The number of para-hydroxylation sites is 1. The van der Waals surface area contributed by atoms with Crippen molar-refractivity contribution in [3.05, 3.63) is 102 Å². The smallest absolute Gasteiger partial charge is 0.235 e. The van der Waals surface area contributed by atoms with Crippen LogP contribution in [0.15, 0.2) is 95.4 Å². The number of aromatic nitrogens is 5. The lowest BCUT2D eigenvalue weighted by atomic mass is 10.1. The van der Waals surface area contributed by atoms with Gasteiger partial charge >= 0.3 is 0 Å². The van der Waals surface area contributed by atoms with E-state index in [0.29, 0.717) is 5.76 Å². The van der Waals surface area contributed by atoms with Crippen molar-refractivity contribution in [2.45, 2.75) is 13.8 Å². The van der Waals surface area contributed by atoms with Gasteiger partial charge in [0.25, 0.3) is 0 Å². The second kappa shape index (κ2) is 8.50. The molecule has 37 heavy (non-hydrogen) atoms. The van der Waals surface area contributed by atoms with Gasteiger partial charge in [-0.15, -0.1) is 10.2 Å². The first-order chi connectivity index (χ1) is 18.1. The molecule has 3 aromatic carbocycles. The molecule has 0 amide bonds. The highest BCUT2D eigenvalue weighted by Gasteiger charge is 2.18. The van der Waals surface area contributed by atoms with Crippen molar-refractivity contribution in [3.8, 4) is 44.7 Å². The molecule has 7 heteroatoms. The van der Waals surface area contributed by atoms with E-state index in [1.54, 1.807) is 0 Å². The second-order valence-corrected chi connectivity index (χ2v) is 10.0. The molecule has 0 aliphatic heterocycles. The minimum Gasteiger partial charge on any atom is -0.454 e. The van der Waals surface area contributed by atoms with Crippen LogP contribution in [0.1, 0.15) is 11.1 Å². The standard InChI is InChI=1S/C30H21N5OS/c1-18-7-11-20(12-8-18)26-15-16-27(36-26)25-17-23(22-5-3-4-6-24(22)31-25)29-34-35-28(32-33-30(35)37-29)21-13-9-19(2)10-14-21/h3-17H,1-2H3. The van der Waals surface area contributed by atoms with Crippen molar-refractivity contribution in [2.75, 3.05) is 0 Å². The Morgan fingerprint density at radius 3 is 2.22 bits per heavy atom. The maximum Gasteiger partial charge on any atom is 0.235 e. The number of pyridine rings is 1. The van der Waals surface area contributed by atoms with Gasteiger partial charge in [0.05, 0.1) is 5.52 Å². The molecule has 0 N–H and O–H groups in total. The van der Waals surface area contributed by atoms with E-state index in [0.717, 1.165) is 54.8 Å². The van der Waals surface area contributed by atoms with E-state index < -0.39 is 0 Å². The summed E-state index contributed by atoms with van der Waals surface area (Å²) in [6.07, 6.45) is 0. The molecule has 0 radical (unpaired) electrons. The molecule has 0 aliphatic rings. The summed E-state index contributed by atoms with van der Waals surface area (Å²) in [5, 5.41) is 15.6. The Morgan fingerprint density at radius 2 is 1.43 bits per heavy atom. The third kappa shape index (κ3) is 3.80. The molecule has 4 heterocycles. The quantitative estimate of drug-likeness (QED) is 0.249. The fourth-order valence-corrected chi connectivity index (χ4v) is 5.31. The van der Waals surface area contributed by atoms with Gasteiger partial charge in [-0.1, -0.05) is 89.2 Å². The molecule has 0 fully saturated rings. The van der Waals surface area contributed by atoms with E-state index in [1.807, 2.05) is 47.0 Å². The summed E-state index contributed by atoms with van der Waals surface area (Å²) < 4.78 is 8.08. The number of nitrogens with zero attached hydrogens (tertiary/aromatic N) is 5. The zero-order valence-electron chi connectivity index (χ0n) is 20.2. The minimum absolute atomic E-state index is 0.714. The summed E-state index contributed by atoms with van der Waals surface area (Å²) >= 11 is 1.51. The molecule has 0 saturated carbocycles. The van der Waals surface area contributed by atoms with Crippen LogP contribution in [0.25, 0.3) is 60.6 Å². The van der Waals surface area contributed by atoms with Crippen LogP contribution < -0.4 is 0 Å². The van der Waals surface area contributed by atoms with Crippen molar-refractivity contribution in [2.24, 2.45) is 0 Å². The first kappa shape index (κ1) is 21.6. The van der Waals surface area contributed by atoms with Gasteiger partial charge in [0, 0.05) is 22.1 Å². The molecule has 0 unspecified atom stereocenters. The largest absolute Gasteiger partial charge is 0.454 e. The zero-order valence-corrected chi connectivity index (χ0v) is 21.0. The first-order valence-corrected chi connectivity index (χ1v) is 12.8. The van der Waals surface area contributed by atoms with E-state index in [4.69, 9.17) is 14.5 Å². The lowest BCUT2D eigenvalue weighted by Crippen LogP contribution is -1.92. The summed E-state index contributed by atoms with van der Waals surface area (Å²) in [6.45, 7) is 4.15. The summed E-state index contributed by atoms with van der Waals surface area (Å²) in [6, 6.07) is 30.7. The Morgan fingerprint density at radius 1 is 0.730 bits per heavy atom. The summed E-state index contributed by atoms with van der Waals surface area (Å²) in [7, 11) is 0. The third-order valence-electron chi connectivity index (χ3n) is 6.44. The van der Waals surface area contributed by atoms with E-state index in [2.05, 4.69) is 72.6 Å². The Hall–Kier alpha value is -4.62. The van der Waals surface area contributed by atoms with Crippen molar-refractivity contribution in [1.82, 2.24) is 24.8 Å². The summed E-state index contributed by atoms with van der Waals surface area (Å²) in [5.41, 5.74) is 7.06. The SMILES string of the molecule is Cc1ccc(-c2ccc(-c3cc(-c4nn5c(-c6ccc(C)cc6)nnc5s4)c4ccccc4n3)o2)cc1. The molecular weight excluding hydrogens is 478 g/mol. The fraction of sp³-hybridized carbons (Fsp3) is 0.0667. The van der Waals surface area contributed by atoms with Crippen LogP contribution >= 0.6 is 11.3 Å². The Kier molecular flexibility index (Phi) is 4.97. The highest BCUT2D eigenvalue weighted by atomic mass is 32.1. The van der Waals surface area contributed by atoms with Crippen molar-refractivity contribution < 1.29 is 4.42 Å². The summed E-state index contributed by atoms with van der Waals surface area (Å²) in [4.78, 5) is 5.66. The van der Waals surface area contributed by atoms with Crippen LogP contribution in [0.3, 0.4) is 0 Å². The number of rotatable bonds is 4. The van der Waals surface area contributed by atoms with Crippen LogP contribution in [-0.4, -0.2) is 24.8 Å². The number of fused-ring (bicyclic) bond motifs is 2. The second-order valence-electron chi connectivity index (χ2n) is 9.09. The molecule has 7 aromatic rings. The molecule has 0 bridgehead atoms. The van der Waals surface area contributed by atoms with Gasteiger partial charge in [-0.05, 0) is 38.1 Å². The zero-order chi connectivity index (χ0) is 24.9. The predicted octanol–water partition coefficient (Wildman–Crippen LogP) is 7.61. The molecule has 0 atom stereocenters. The van der Waals surface area contributed by atoms with E-state index in [9.17, 15) is 0 Å². The van der Waals surface area contributed by atoms with Crippen LogP contribution in [0.4, 0.5) is 0 Å². The maximum atomic E-state index is 6.26. The molecule has 0 saturated heterocycles. The average molecular weight is 500 g/mol.